The van der Waals surface area contributed by atoms with Gasteiger partial charge in [-0.15, -0.1) is 0 Å². The van der Waals surface area contributed by atoms with Gasteiger partial charge in [-0.2, -0.15) is 13.2 Å². The summed E-state index contributed by atoms with van der Waals surface area (Å²) < 4.78 is 35.6. The van der Waals surface area contributed by atoms with Crippen molar-refractivity contribution in [2.75, 3.05) is 0 Å². The number of halogens is 3. The van der Waals surface area contributed by atoms with Crippen molar-refractivity contribution in [3.63, 3.8) is 0 Å². The summed E-state index contributed by atoms with van der Waals surface area (Å²) >= 11 is 0. The van der Waals surface area contributed by atoms with Crippen molar-refractivity contribution in [1.29, 1.82) is 0 Å². The monoisotopic (exact) mass is 881 g/mol. The maximum atomic E-state index is 11.9. The molecule has 1 N–H and O–H groups in total. The number of hydrogen-bond donors (Lipinski definition) is 1. The van der Waals surface area contributed by atoms with Crippen molar-refractivity contribution in [3.8, 4) is 45.6 Å². The van der Waals surface area contributed by atoms with Gasteiger partial charge in [0.1, 0.15) is 0 Å². The van der Waals surface area contributed by atoms with Crippen LogP contribution in [0.15, 0.2) is 139 Å². The first kappa shape index (κ1) is 37.0. The van der Waals surface area contributed by atoms with Gasteiger partial charge in [-0.25, -0.2) is 9.97 Å². The predicted octanol–water partition coefficient (Wildman–Crippen LogP) is 9.00. The SMILES string of the molecule is O=C(C=C(O)C(F)(F)F)c1ccccc1.[Eu+2].c1ccc2c(c1)-c1nc-2nc2[n-]c(nc3nc(nc4[n-]c(n1)c1ccccc41)-c1ccccc1-3)c1ccccc21. The normalized spacial score (nSPS) is 11.9. The molecule has 0 spiro atoms. The summed E-state index contributed by atoms with van der Waals surface area (Å²) in [6, 6.07) is 39.2. The van der Waals surface area contributed by atoms with E-state index in [1.54, 1.807) is 6.07 Å². The van der Waals surface area contributed by atoms with Gasteiger partial charge >= 0.3 is 55.6 Å². The fourth-order valence-corrected chi connectivity index (χ4v) is 6.35. The van der Waals surface area contributed by atoms with Gasteiger partial charge in [0.05, 0.1) is 23.3 Å². The molecule has 56 heavy (non-hydrogen) atoms. The molecule has 0 saturated heterocycles. The molecule has 0 aliphatic carbocycles. The number of hydrogen-bond acceptors (Lipinski definition) is 8. The van der Waals surface area contributed by atoms with Gasteiger partial charge in [-0.05, 0) is 21.5 Å². The van der Waals surface area contributed by atoms with Crippen LogP contribution in [0.25, 0.3) is 89.7 Å². The first-order valence-corrected chi connectivity index (χ1v) is 16.9. The number of alkyl halides is 3. The zero-order valence-corrected chi connectivity index (χ0v) is 31.1. The summed E-state index contributed by atoms with van der Waals surface area (Å²) in [5.74, 6) is -0.568. The molecular weight excluding hydrogens is 857 g/mol. The molecular formula is C42H23EuF3N8O2. The Balaban J connectivity index is 0.000000236. The fraction of sp³-hybridized carbons (Fsp3) is 0.0238. The van der Waals surface area contributed by atoms with Gasteiger partial charge in [0.25, 0.3) is 0 Å². The Morgan fingerprint density at radius 3 is 1.11 bits per heavy atom. The fourth-order valence-electron chi connectivity index (χ4n) is 6.35. The van der Waals surface area contributed by atoms with Crippen molar-refractivity contribution < 1.29 is 72.4 Å². The predicted molar refractivity (Wildman–Crippen MR) is 202 cm³/mol. The average Bonchev–Trinajstić information content (AvgIpc) is 3.94. The van der Waals surface area contributed by atoms with E-state index in [4.69, 9.17) is 45.0 Å². The van der Waals surface area contributed by atoms with Crippen LogP contribution in [0.3, 0.4) is 0 Å². The van der Waals surface area contributed by atoms with E-state index in [0.29, 0.717) is 45.9 Å². The smallest absolute Gasteiger partial charge is 0.504 e. The molecule has 2 aliphatic rings. The number of allylic oxidation sites excluding steroid dienone is 2. The molecule has 8 bridgehead atoms. The van der Waals surface area contributed by atoms with Crippen LogP contribution in [0.1, 0.15) is 10.4 Å². The summed E-state index contributed by atoms with van der Waals surface area (Å²) in [5, 5.41) is 12.1. The van der Waals surface area contributed by atoms with Crippen LogP contribution >= 0.6 is 0 Å². The molecule has 14 heteroatoms. The third kappa shape index (κ3) is 6.91. The Hall–Kier alpha value is -5.96. The van der Waals surface area contributed by atoms with E-state index in [-0.39, 0.29) is 61.0 Å². The second-order valence-electron chi connectivity index (χ2n) is 12.4. The molecule has 2 aliphatic heterocycles. The second kappa shape index (κ2) is 14.9. The van der Waals surface area contributed by atoms with E-state index >= 15 is 0 Å². The molecule has 5 aromatic carbocycles. The van der Waals surface area contributed by atoms with E-state index in [2.05, 4.69) is 0 Å². The van der Waals surface area contributed by atoms with Crippen molar-refractivity contribution in [2.24, 2.45) is 0 Å². The number of ketones is 1. The Morgan fingerprint density at radius 1 is 0.482 bits per heavy atom. The Bertz CT molecular complexity index is 2710. The van der Waals surface area contributed by atoms with Crippen LogP contribution < -0.4 is 9.97 Å². The zero-order chi connectivity index (χ0) is 37.7. The number of fused-ring (bicyclic) bond motifs is 20. The molecule has 10 rings (SSSR count). The van der Waals surface area contributed by atoms with Gasteiger partial charge in [0.15, 0.2) is 5.78 Å². The van der Waals surface area contributed by atoms with Crippen molar-refractivity contribution >= 4 is 49.9 Å². The summed E-state index contributed by atoms with van der Waals surface area (Å²) in [5.41, 5.74) is 5.87. The topological polar surface area (TPSA) is 143 Å². The zero-order valence-electron chi connectivity index (χ0n) is 28.6. The number of benzene rings is 5. The average molecular weight is 881 g/mol. The molecule has 0 atom stereocenters. The van der Waals surface area contributed by atoms with Crippen LogP contribution in [-0.2, 0) is 0 Å². The summed E-state index contributed by atoms with van der Waals surface area (Å²) in [6.07, 6.45) is -4.72. The van der Waals surface area contributed by atoms with Crippen molar-refractivity contribution in [3.05, 3.63) is 145 Å². The number of carbonyl (C=O) groups is 1. The van der Waals surface area contributed by atoms with E-state index in [1.165, 1.54) is 24.3 Å². The number of nitrogens with zero attached hydrogens (tertiary/aromatic N) is 8. The Morgan fingerprint density at radius 2 is 0.786 bits per heavy atom. The molecule has 0 fully saturated rings. The molecule has 0 unspecified atom stereocenters. The van der Waals surface area contributed by atoms with Crippen molar-refractivity contribution in [2.45, 2.75) is 6.18 Å². The van der Waals surface area contributed by atoms with Gasteiger partial charge in [0.2, 0.25) is 5.76 Å². The Kier molecular flexibility index (Phi) is 9.87. The van der Waals surface area contributed by atoms with E-state index < -0.39 is 17.7 Å². The summed E-state index contributed by atoms with van der Waals surface area (Å²) in [7, 11) is 0. The van der Waals surface area contributed by atoms with Crippen LogP contribution in [0.5, 0.6) is 0 Å². The molecule has 271 valence electrons. The second-order valence-corrected chi connectivity index (χ2v) is 12.4. The molecule has 1 radical (unpaired) electrons. The first-order chi connectivity index (χ1) is 26.7. The van der Waals surface area contributed by atoms with Gasteiger partial charge < -0.3 is 35.0 Å². The van der Waals surface area contributed by atoms with Crippen LogP contribution in [0.4, 0.5) is 13.2 Å². The molecule has 10 nitrogen and oxygen atoms in total. The standard InChI is InChI=1S/C32H16N8.C10H7F3O2.Eu/c1-2-10-18-17(9-1)25-33-26(18)38-28-21-13-5-6-14-22(21)30(35-28)40-32-24-16-8-7-15-23(24)31(36-32)39-29-20-12-4-3-11-19(20)27(34-29)37-25;11-10(12,13)9(15)6-8(14)7-4-2-1-3-5-7;/h1-16H;1-6,15H;/q-2;;+2. The van der Waals surface area contributed by atoms with Gasteiger partial charge in [-0.3, -0.25) is 4.79 Å². The number of aromatic nitrogens is 8. The van der Waals surface area contributed by atoms with E-state index in [0.717, 1.165) is 43.8 Å². The first-order valence-electron chi connectivity index (χ1n) is 16.9. The quantitative estimate of drug-likeness (QED) is 0.102. The Labute approximate surface area is 355 Å². The van der Waals surface area contributed by atoms with Crippen molar-refractivity contribution in [1.82, 2.24) is 39.9 Å². The maximum Gasteiger partial charge on any atom is 2.00 e. The molecule has 8 aromatic rings. The number of aliphatic hydroxyl groups is 1. The summed E-state index contributed by atoms with van der Waals surface area (Å²) in [6.45, 7) is 0. The minimum atomic E-state index is -4.88. The molecule has 0 amide bonds. The minimum absolute atomic E-state index is 0. The largest absolute Gasteiger partial charge is 2.00 e. The molecule has 0 saturated carbocycles. The van der Waals surface area contributed by atoms with Crippen LogP contribution in [0, 0.1) is 49.4 Å². The molecule has 5 heterocycles. The number of carbonyl (C=O) groups excluding carboxylic acids is 1. The van der Waals surface area contributed by atoms with Crippen LogP contribution in [-0.4, -0.2) is 47.0 Å². The molecule has 3 aromatic heterocycles. The van der Waals surface area contributed by atoms with Gasteiger partial charge in [-0.1, -0.05) is 127 Å². The maximum absolute atomic E-state index is 11.9. The van der Waals surface area contributed by atoms with E-state index in [1.807, 2.05) is 97.1 Å². The minimum Gasteiger partial charge on any atom is -0.504 e. The number of rotatable bonds is 2. The third-order valence-corrected chi connectivity index (χ3v) is 8.95. The number of aliphatic hydroxyl groups excluding tert-OH is 1. The third-order valence-electron chi connectivity index (χ3n) is 8.95. The summed E-state index contributed by atoms with van der Waals surface area (Å²) in [4.78, 5) is 50.4. The van der Waals surface area contributed by atoms with E-state index in [9.17, 15) is 18.0 Å². The van der Waals surface area contributed by atoms with Gasteiger partial charge in [0, 0.05) is 56.5 Å². The van der Waals surface area contributed by atoms with Crippen LogP contribution in [0.2, 0.25) is 0 Å².